The molecule has 0 amide bonds. The number of hydrogen-bond acceptors (Lipinski definition) is 2. The highest BCUT2D eigenvalue weighted by Gasteiger charge is 2.08. The van der Waals surface area contributed by atoms with Gasteiger partial charge in [-0.25, -0.2) is 4.98 Å². The first-order valence-electron chi connectivity index (χ1n) is 4.47. The number of fused-ring (bicyclic) bond motifs is 1. The summed E-state index contributed by atoms with van der Waals surface area (Å²) in [6.45, 7) is 4.49. The summed E-state index contributed by atoms with van der Waals surface area (Å²) < 4.78 is 1.99. The fraction of sp³-hybridized carbons (Fsp3) is 0.300. The van der Waals surface area contributed by atoms with Gasteiger partial charge in [-0.05, 0) is 25.5 Å². The topological polar surface area (TPSA) is 43.3 Å². The largest absolute Gasteiger partial charge is 0.326 e. The van der Waals surface area contributed by atoms with Crippen molar-refractivity contribution in [3.63, 3.8) is 0 Å². The molecule has 2 heterocycles. The standard InChI is InChI=1S/C10H12ClN3/c1-6-7(2)14-5-8(4-12)3-9(11)10(14)13-6/h3,5H,4,12H2,1-2H3. The van der Waals surface area contributed by atoms with Crippen LogP contribution in [0.1, 0.15) is 17.0 Å². The van der Waals surface area contributed by atoms with Crippen LogP contribution >= 0.6 is 11.6 Å². The zero-order valence-corrected chi connectivity index (χ0v) is 8.97. The van der Waals surface area contributed by atoms with Gasteiger partial charge in [0, 0.05) is 18.4 Å². The fourth-order valence-electron chi connectivity index (χ4n) is 1.50. The van der Waals surface area contributed by atoms with E-state index < -0.39 is 0 Å². The number of aryl methyl sites for hydroxylation is 2. The number of pyridine rings is 1. The summed E-state index contributed by atoms with van der Waals surface area (Å²) in [6.07, 6.45) is 1.98. The Morgan fingerprint density at radius 3 is 2.86 bits per heavy atom. The van der Waals surface area contributed by atoms with E-state index in [1.807, 2.05) is 30.5 Å². The van der Waals surface area contributed by atoms with E-state index in [2.05, 4.69) is 4.98 Å². The van der Waals surface area contributed by atoms with Gasteiger partial charge in [0.05, 0.1) is 10.7 Å². The van der Waals surface area contributed by atoms with E-state index in [0.717, 1.165) is 22.6 Å². The predicted octanol–water partition coefficient (Wildman–Crippen LogP) is 2.06. The molecule has 2 aromatic heterocycles. The van der Waals surface area contributed by atoms with Crippen molar-refractivity contribution in [2.75, 3.05) is 0 Å². The van der Waals surface area contributed by atoms with Crippen LogP contribution in [-0.2, 0) is 6.54 Å². The van der Waals surface area contributed by atoms with Crippen molar-refractivity contribution in [1.82, 2.24) is 9.38 Å². The molecule has 74 valence electrons. The molecule has 0 bridgehead atoms. The molecule has 0 saturated heterocycles. The summed E-state index contributed by atoms with van der Waals surface area (Å²) in [4.78, 5) is 4.38. The maximum absolute atomic E-state index is 6.09. The monoisotopic (exact) mass is 209 g/mol. The van der Waals surface area contributed by atoms with Crippen molar-refractivity contribution >= 4 is 17.2 Å². The minimum absolute atomic E-state index is 0.492. The van der Waals surface area contributed by atoms with Crippen molar-refractivity contribution in [3.05, 3.63) is 34.2 Å². The molecular weight excluding hydrogens is 198 g/mol. The number of rotatable bonds is 1. The van der Waals surface area contributed by atoms with Crippen molar-refractivity contribution in [2.45, 2.75) is 20.4 Å². The molecule has 0 aliphatic carbocycles. The Kier molecular flexibility index (Phi) is 2.21. The van der Waals surface area contributed by atoms with Gasteiger partial charge in [0.1, 0.15) is 0 Å². The maximum Gasteiger partial charge on any atom is 0.156 e. The molecular formula is C10H12ClN3. The number of imidazole rings is 1. The van der Waals surface area contributed by atoms with Crippen LogP contribution in [0.25, 0.3) is 5.65 Å². The molecule has 3 nitrogen and oxygen atoms in total. The van der Waals surface area contributed by atoms with Gasteiger partial charge in [-0.1, -0.05) is 11.6 Å². The lowest BCUT2D eigenvalue weighted by molar-refractivity contribution is 1.01. The molecule has 0 saturated carbocycles. The Bertz CT molecular complexity index is 488. The van der Waals surface area contributed by atoms with E-state index in [1.165, 1.54) is 0 Å². The summed E-state index contributed by atoms with van der Waals surface area (Å²) in [5, 5.41) is 0.657. The van der Waals surface area contributed by atoms with Crippen molar-refractivity contribution in [3.8, 4) is 0 Å². The number of nitrogens with zero attached hydrogens (tertiary/aromatic N) is 2. The second kappa shape index (κ2) is 3.26. The number of nitrogens with two attached hydrogens (primary N) is 1. The molecule has 2 aromatic rings. The first-order chi connectivity index (χ1) is 6.63. The minimum atomic E-state index is 0.492. The number of halogens is 1. The summed E-state index contributed by atoms with van der Waals surface area (Å²) in [5.74, 6) is 0. The lowest BCUT2D eigenvalue weighted by atomic mass is 10.3. The van der Waals surface area contributed by atoms with Gasteiger partial charge < -0.3 is 10.1 Å². The molecule has 0 radical (unpaired) electrons. The zero-order valence-electron chi connectivity index (χ0n) is 8.21. The van der Waals surface area contributed by atoms with Crippen molar-refractivity contribution in [2.24, 2.45) is 5.73 Å². The van der Waals surface area contributed by atoms with Gasteiger partial charge in [0.15, 0.2) is 5.65 Å². The summed E-state index contributed by atoms with van der Waals surface area (Å²) in [7, 11) is 0. The van der Waals surface area contributed by atoms with E-state index in [-0.39, 0.29) is 0 Å². The Labute approximate surface area is 87.5 Å². The van der Waals surface area contributed by atoms with Crippen LogP contribution in [0.3, 0.4) is 0 Å². The highest BCUT2D eigenvalue weighted by Crippen LogP contribution is 2.21. The van der Waals surface area contributed by atoms with Gasteiger partial charge in [0.25, 0.3) is 0 Å². The normalized spacial score (nSPS) is 11.1. The summed E-state index contributed by atoms with van der Waals surface area (Å²) in [5.41, 5.74) is 9.50. The molecule has 0 spiro atoms. The van der Waals surface area contributed by atoms with Gasteiger partial charge in [-0.2, -0.15) is 0 Å². The third-order valence-corrected chi connectivity index (χ3v) is 2.72. The van der Waals surface area contributed by atoms with E-state index >= 15 is 0 Å². The molecule has 2 N–H and O–H groups in total. The molecule has 0 atom stereocenters. The van der Waals surface area contributed by atoms with Gasteiger partial charge in [-0.3, -0.25) is 0 Å². The molecule has 0 fully saturated rings. The van der Waals surface area contributed by atoms with E-state index in [0.29, 0.717) is 11.6 Å². The van der Waals surface area contributed by atoms with Gasteiger partial charge in [0.2, 0.25) is 0 Å². The lowest BCUT2D eigenvalue weighted by Crippen LogP contribution is -1.99. The van der Waals surface area contributed by atoms with Crippen LogP contribution in [0.15, 0.2) is 12.3 Å². The molecule has 0 unspecified atom stereocenters. The quantitative estimate of drug-likeness (QED) is 0.782. The smallest absolute Gasteiger partial charge is 0.156 e. The molecule has 4 heteroatoms. The van der Waals surface area contributed by atoms with Crippen LogP contribution in [-0.4, -0.2) is 9.38 Å². The van der Waals surface area contributed by atoms with Crippen molar-refractivity contribution < 1.29 is 0 Å². The Balaban J connectivity index is 2.83. The number of aromatic nitrogens is 2. The highest BCUT2D eigenvalue weighted by atomic mass is 35.5. The van der Waals surface area contributed by atoms with Crippen LogP contribution in [0, 0.1) is 13.8 Å². The minimum Gasteiger partial charge on any atom is -0.326 e. The first kappa shape index (κ1) is 9.49. The SMILES string of the molecule is Cc1nc2c(Cl)cc(CN)cn2c1C. The zero-order chi connectivity index (χ0) is 10.3. The third kappa shape index (κ3) is 1.29. The summed E-state index contributed by atoms with van der Waals surface area (Å²) in [6, 6.07) is 1.86. The Morgan fingerprint density at radius 1 is 1.50 bits per heavy atom. The van der Waals surface area contributed by atoms with Crippen LogP contribution < -0.4 is 5.73 Å². The molecule has 2 rings (SSSR count). The van der Waals surface area contributed by atoms with Gasteiger partial charge >= 0.3 is 0 Å². The van der Waals surface area contributed by atoms with Gasteiger partial charge in [-0.15, -0.1) is 0 Å². The first-order valence-corrected chi connectivity index (χ1v) is 4.85. The molecule has 0 aliphatic rings. The lowest BCUT2D eigenvalue weighted by Gasteiger charge is -2.02. The highest BCUT2D eigenvalue weighted by molar-refractivity contribution is 6.33. The Hall–Kier alpha value is -1.06. The molecule has 0 aromatic carbocycles. The van der Waals surface area contributed by atoms with E-state index in [9.17, 15) is 0 Å². The second-order valence-electron chi connectivity index (χ2n) is 3.38. The van der Waals surface area contributed by atoms with Crippen molar-refractivity contribution in [1.29, 1.82) is 0 Å². The van der Waals surface area contributed by atoms with E-state index in [1.54, 1.807) is 0 Å². The van der Waals surface area contributed by atoms with Crippen LogP contribution in [0.5, 0.6) is 0 Å². The third-order valence-electron chi connectivity index (χ3n) is 2.44. The van der Waals surface area contributed by atoms with Crippen LogP contribution in [0.4, 0.5) is 0 Å². The summed E-state index contributed by atoms with van der Waals surface area (Å²) >= 11 is 6.09. The van der Waals surface area contributed by atoms with Crippen LogP contribution in [0.2, 0.25) is 5.02 Å². The van der Waals surface area contributed by atoms with E-state index in [4.69, 9.17) is 17.3 Å². The second-order valence-corrected chi connectivity index (χ2v) is 3.78. The average Bonchev–Trinajstić information content (AvgIpc) is 2.45. The molecule has 14 heavy (non-hydrogen) atoms. The number of hydrogen-bond donors (Lipinski definition) is 1. The average molecular weight is 210 g/mol. The maximum atomic E-state index is 6.09. The Morgan fingerprint density at radius 2 is 2.21 bits per heavy atom. The predicted molar refractivity (Wildman–Crippen MR) is 57.6 cm³/mol. The fourth-order valence-corrected chi connectivity index (χ4v) is 1.77. The molecule has 0 aliphatic heterocycles.